The van der Waals surface area contributed by atoms with E-state index in [4.69, 9.17) is 4.74 Å². The maximum absolute atomic E-state index is 16.3. The van der Waals surface area contributed by atoms with Crippen molar-refractivity contribution in [3.8, 4) is 11.5 Å². The Labute approximate surface area is 333 Å². The van der Waals surface area contributed by atoms with Crippen molar-refractivity contribution in [1.29, 1.82) is 0 Å². The van der Waals surface area contributed by atoms with Gasteiger partial charge in [-0.3, -0.25) is 24.6 Å². The van der Waals surface area contributed by atoms with Crippen LogP contribution in [0.25, 0.3) is 0 Å². The maximum Gasteiger partial charge on any atom is 0.255 e. The number of ether oxygens (including phenoxy) is 1. The molecule has 0 spiro atoms. The highest BCUT2D eigenvalue weighted by atomic mass is 19.1. The second kappa shape index (κ2) is 14.8. The van der Waals surface area contributed by atoms with E-state index in [0.717, 1.165) is 86.6 Å². The highest BCUT2D eigenvalue weighted by Crippen LogP contribution is 2.53. The van der Waals surface area contributed by atoms with Crippen LogP contribution in [0.1, 0.15) is 84.0 Å². The number of anilines is 2. The molecule has 11 heteroatoms. The van der Waals surface area contributed by atoms with Crippen molar-refractivity contribution in [3.63, 3.8) is 0 Å². The molecule has 9 rings (SSSR count). The van der Waals surface area contributed by atoms with Gasteiger partial charge in [-0.1, -0.05) is 42.5 Å². The van der Waals surface area contributed by atoms with E-state index < -0.39 is 17.6 Å². The molecule has 0 radical (unpaired) electrons. The zero-order chi connectivity index (χ0) is 39.4. The number of imide groups is 1. The summed E-state index contributed by atoms with van der Waals surface area (Å²) in [5.41, 5.74) is 5.66. The van der Waals surface area contributed by atoms with Crippen LogP contribution in [-0.2, 0) is 16.1 Å². The van der Waals surface area contributed by atoms with Crippen molar-refractivity contribution in [3.05, 3.63) is 119 Å². The normalized spacial score (nSPS) is 23.9. The molecule has 4 aromatic carbocycles. The lowest BCUT2D eigenvalue weighted by atomic mass is 9.68. The Balaban J connectivity index is 0.811. The monoisotopic (exact) mass is 771 g/mol. The van der Waals surface area contributed by atoms with Gasteiger partial charge >= 0.3 is 0 Å². The topological polar surface area (TPSA) is 106 Å². The van der Waals surface area contributed by atoms with Gasteiger partial charge in [-0.25, -0.2) is 4.39 Å². The van der Waals surface area contributed by atoms with Gasteiger partial charge in [0, 0.05) is 93.5 Å². The molecule has 3 saturated heterocycles. The van der Waals surface area contributed by atoms with Gasteiger partial charge in [-0.2, -0.15) is 0 Å². The molecule has 0 aliphatic carbocycles. The van der Waals surface area contributed by atoms with Crippen molar-refractivity contribution in [2.45, 2.75) is 69.6 Å². The number of carbonyl (C=O) groups is 3. The number of piperazine rings is 1. The Morgan fingerprint density at radius 1 is 0.825 bits per heavy atom. The van der Waals surface area contributed by atoms with Crippen LogP contribution in [0.4, 0.5) is 15.8 Å². The number of hydrogen-bond acceptors (Lipinski definition) is 8. The second-order valence-corrected chi connectivity index (χ2v) is 17.0. The fraction of sp³-hybridized carbons (Fsp3) is 0.413. The molecule has 5 aliphatic heterocycles. The number of amides is 3. The van der Waals surface area contributed by atoms with Crippen molar-refractivity contribution < 1.29 is 28.6 Å². The summed E-state index contributed by atoms with van der Waals surface area (Å²) in [6.07, 6.45) is 2.61. The fourth-order valence-electron chi connectivity index (χ4n) is 10.1. The predicted molar refractivity (Wildman–Crippen MR) is 216 cm³/mol. The van der Waals surface area contributed by atoms with Crippen LogP contribution in [0, 0.1) is 11.7 Å². The second-order valence-electron chi connectivity index (χ2n) is 17.0. The molecule has 5 aliphatic rings. The zero-order valence-corrected chi connectivity index (χ0v) is 32.6. The summed E-state index contributed by atoms with van der Waals surface area (Å²) >= 11 is 0. The summed E-state index contributed by atoms with van der Waals surface area (Å²) in [4.78, 5) is 46.0. The molecule has 0 saturated carbocycles. The van der Waals surface area contributed by atoms with E-state index in [2.05, 4.69) is 58.1 Å². The van der Waals surface area contributed by atoms with Crippen LogP contribution in [0.5, 0.6) is 11.5 Å². The predicted octanol–water partition coefficient (Wildman–Crippen LogP) is 6.42. The lowest BCUT2D eigenvalue weighted by Gasteiger charge is -2.45. The number of rotatable bonds is 7. The third-order valence-electron chi connectivity index (χ3n) is 13.0. The average molecular weight is 772 g/mol. The van der Waals surface area contributed by atoms with Crippen LogP contribution >= 0.6 is 0 Å². The molecule has 296 valence electrons. The number of hydrogen-bond donors (Lipinski definition) is 2. The molecule has 0 bridgehead atoms. The van der Waals surface area contributed by atoms with Gasteiger partial charge in [0.1, 0.15) is 29.0 Å². The Bertz CT molecular complexity index is 2200. The minimum atomic E-state index is -0.611. The first-order valence-corrected chi connectivity index (χ1v) is 20.4. The molecular formula is C46H50FN5O5. The number of aromatic hydroxyl groups is 1. The molecule has 5 heterocycles. The Kier molecular flexibility index (Phi) is 9.67. The van der Waals surface area contributed by atoms with Crippen LogP contribution in [0.15, 0.2) is 84.9 Å². The van der Waals surface area contributed by atoms with E-state index in [1.807, 2.05) is 42.5 Å². The number of phenols is 1. The minimum Gasteiger partial charge on any atom is -0.508 e. The van der Waals surface area contributed by atoms with Gasteiger partial charge in [0.2, 0.25) is 11.8 Å². The van der Waals surface area contributed by atoms with Gasteiger partial charge in [-0.05, 0) is 92.1 Å². The number of benzene rings is 4. The first kappa shape index (κ1) is 37.2. The first-order chi connectivity index (χ1) is 27.5. The highest BCUT2D eigenvalue weighted by Gasteiger charge is 2.46. The van der Waals surface area contributed by atoms with Crippen molar-refractivity contribution in [2.24, 2.45) is 5.92 Å². The molecule has 0 aromatic heterocycles. The molecule has 3 amide bonds. The van der Waals surface area contributed by atoms with E-state index in [-0.39, 0.29) is 41.6 Å². The highest BCUT2D eigenvalue weighted by molar-refractivity contribution is 6.05. The number of piperidine rings is 2. The molecular weight excluding hydrogens is 722 g/mol. The third kappa shape index (κ3) is 7.11. The van der Waals surface area contributed by atoms with Crippen LogP contribution in [0.3, 0.4) is 0 Å². The van der Waals surface area contributed by atoms with E-state index in [1.54, 1.807) is 23.1 Å². The average Bonchev–Trinajstić information content (AvgIpc) is 3.52. The summed E-state index contributed by atoms with van der Waals surface area (Å²) in [6.45, 7) is 10.8. The number of nitrogens with zero attached hydrogens (tertiary/aromatic N) is 4. The summed E-state index contributed by atoms with van der Waals surface area (Å²) < 4.78 is 22.8. The van der Waals surface area contributed by atoms with Crippen LogP contribution in [-0.4, -0.2) is 90.1 Å². The summed E-state index contributed by atoms with van der Waals surface area (Å²) in [5, 5.41) is 12.7. The minimum absolute atomic E-state index is 0.0736. The summed E-state index contributed by atoms with van der Waals surface area (Å²) in [7, 11) is 0. The SMILES string of the molecule is CC1(C)Oc2cc(O)ccc2[C@@H](c2ccc(N3CCC(CN4CCN(c5ccc6c(c5)CN(C5CCC(=O)NC5=O)C6=O)CC4)CC3)c(F)c2)[C@H]1c1ccccc1. The largest absolute Gasteiger partial charge is 0.508 e. The first-order valence-electron chi connectivity index (χ1n) is 20.4. The molecule has 57 heavy (non-hydrogen) atoms. The molecule has 4 aromatic rings. The Hall–Kier alpha value is -5.42. The van der Waals surface area contributed by atoms with E-state index >= 15 is 4.39 Å². The van der Waals surface area contributed by atoms with Gasteiger partial charge in [0.05, 0.1) is 5.69 Å². The standard InChI is InChI=1S/C46H50FN5O5/c1-46(2)43(30-6-4-3-5-7-30)42(36-12-10-34(53)26-40(36)57-46)31-8-13-38(37(47)25-31)51-18-16-29(17-19-51)27-49-20-22-50(23-21-49)33-9-11-35-32(24-33)28-52(45(35)56)39-14-15-41(54)48-44(39)55/h3-13,24-26,29,39,42-43,53H,14-23,27-28H2,1-2H3,(H,48,54,55)/t39?,42-,43-/m1/s1. The van der Waals surface area contributed by atoms with Crippen molar-refractivity contribution >= 4 is 29.1 Å². The summed E-state index contributed by atoms with van der Waals surface area (Å²) in [5.74, 6) is 0.0523. The summed E-state index contributed by atoms with van der Waals surface area (Å²) in [6, 6.07) is 26.7. The molecule has 1 unspecified atom stereocenters. The van der Waals surface area contributed by atoms with Gasteiger partial charge in [0.15, 0.2) is 0 Å². The molecule has 3 atom stereocenters. The van der Waals surface area contributed by atoms with Crippen molar-refractivity contribution in [1.82, 2.24) is 15.1 Å². The molecule has 3 fully saturated rings. The lowest BCUT2D eigenvalue weighted by molar-refractivity contribution is -0.136. The number of fused-ring (bicyclic) bond motifs is 2. The number of carbonyl (C=O) groups excluding carboxylic acids is 3. The van der Waals surface area contributed by atoms with Gasteiger partial charge in [0.25, 0.3) is 5.91 Å². The lowest BCUT2D eigenvalue weighted by Crippen LogP contribution is -2.52. The van der Waals surface area contributed by atoms with Gasteiger partial charge in [-0.15, -0.1) is 0 Å². The van der Waals surface area contributed by atoms with E-state index in [0.29, 0.717) is 35.9 Å². The maximum atomic E-state index is 16.3. The molecule has 10 nitrogen and oxygen atoms in total. The Morgan fingerprint density at radius 2 is 1.60 bits per heavy atom. The smallest absolute Gasteiger partial charge is 0.255 e. The van der Waals surface area contributed by atoms with Crippen LogP contribution in [0.2, 0.25) is 0 Å². The number of halogens is 1. The zero-order valence-electron chi connectivity index (χ0n) is 32.6. The van der Waals surface area contributed by atoms with E-state index in [9.17, 15) is 19.5 Å². The van der Waals surface area contributed by atoms with Crippen LogP contribution < -0.4 is 19.9 Å². The Morgan fingerprint density at radius 3 is 2.33 bits per heavy atom. The quantitative estimate of drug-likeness (QED) is 0.208. The van der Waals surface area contributed by atoms with Gasteiger partial charge < -0.3 is 24.5 Å². The fourth-order valence-corrected chi connectivity index (χ4v) is 10.1. The number of phenolic OH excluding ortho intramolecular Hbond substituents is 1. The number of nitrogens with one attached hydrogen (secondary N) is 1. The third-order valence-corrected chi connectivity index (χ3v) is 13.0. The van der Waals surface area contributed by atoms with E-state index in [1.165, 1.54) is 0 Å². The molecule has 2 N–H and O–H groups in total. The van der Waals surface area contributed by atoms with Crippen molar-refractivity contribution in [2.75, 3.05) is 55.6 Å².